The van der Waals surface area contributed by atoms with E-state index in [9.17, 15) is 13.6 Å². The van der Waals surface area contributed by atoms with Crippen LogP contribution in [0.25, 0.3) is 5.69 Å². The van der Waals surface area contributed by atoms with Gasteiger partial charge in [-0.3, -0.25) is 4.79 Å². The summed E-state index contributed by atoms with van der Waals surface area (Å²) >= 11 is 1.87. The van der Waals surface area contributed by atoms with Crippen LogP contribution in [0.5, 0.6) is 0 Å². The van der Waals surface area contributed by atoms with Crippen LogP contribution in [-0.2, 0) is 0 Å². The Bertz CT molecular complexity index is 769. The lowest BCUT2D eigenvalue weighted by Crippen LogP contribution is -2.30. The lowest BCUT2D eigenvalue weighted by Gasteiger charge is -2.10. The van der Waals surface area contributed by atoms with E-state index >= 15 is 0 Å². The first kappa shape index (κ1) is 17.0. The van der Waals surface area contributed by atoms with Crippen LogP contribution in [0.1, 0.15) is 34.6 Å². The molecule has 24 heavy (non-hydrogen) atoms. The molecule has 1 saturated heterocycles. The number of hydrogen-bond acceptors (Lipinski definition) is 3. The predicted octanol–water partition coefficient (Wildman–Crippen LogP) is 3.39. The Labute approximate surface area is 143 Å². The van der Waals surface area contributed by atoms with Crippen molar-refractivity contribution in [1.29, 1.82) is 0 Å². The molecule has 0 radical (unpaired) electrons. The lowest BCUT2D eigenvalue weighted by atomic mass is 10.1. The highest BCUT2D eigenvalue weighted by Crippen LogP contribution is 2.26. The van der Waals surface area contributed by atoms with Crippen molar-refractivity contribution in [1.82, 2.24) is 15.1 Å². The SMILES string of the molecule is Cc1nn(-c2ccc(F)cc2F)c(C)c1C(=O)NC[C@@H]1CCCS1. The molecule has 0 spiro atoms. The summed E-state index contributed by atoms with van der Waals surface area (Å²) in [4.78, 5) is 12.5. The first-order valence-electron chi connectivity index (χ1n) is 7.89. The van der Waals surface area contributed by atoms with E-state index in [2.05, 4.69) is 10.4 Å². The average molecular weight is 351 g/mol. The van der Waals surface area contributed by atoms with E-state index in [0.29, 0.717) is 28.7 Å². The molecule has 128 valence electrons. The summed E-state index contributed by atoms with van der Waals surface area (Å²) in [5.74, 6) is -0.425. The zero-order valence-electron chi connectivity index (χ0n) is 13.6. The molecule has 1 aromatic heterocycles. The van der Waals surface area contributed by atoms with E-state index in [4.69, 9.17) is 0 Å². The van der Waals surface area contributed by atoms with Gasteiger partial charge in [-0.2, -0.15) is 16.9 Å². The number of aromatic nitrogens is 2. The maximum Gasteiger partial charge on any atom is 0.255 e. The molecular weight excluding hydrogens is 332 g/mol. The van der Waals surface area contributed by atoms with Gasteiger partial charge in [-0.25, -0.2) is 13.5 Å². The molecule has 1 amide bonds. The van der Waals surface area contributed by atoms with Gasteiger partial charge >= 0.3 is 0 Å². The van der Waals surface area contributed by atoms with Gasteiger partial charge in [0.05, 0.1) is 17.0 Å². The van der Waals surface area contributed by atoms with Gasteiger partial charge in [0.25, 0.3) is 5.91 Å². The third kappa shape index (κ3) is 3.31. The van der Waals surface area contributed by atoms with Crippen molar-refractivity contribution in [3.63, 3.8) is 0 Å². The molecule has 1 aliphatic rings. The minimum absolute atomic E-state index is 0.127. The summed E-state index contributed by atoms with van der Waals surface area (Å²) in [6, 6.07) is 3.30. The number of thioether (sulfide) groups is 1. The number of nitrogens with zero attached hydrogens (tertiary/aromatic N) is 2. The molecule has 2 aromatic rings. The molecule has 1 atom stereocenters. The van der Waals surface area contributed by atoms with E-state index < -0.39 is 11.6 Å². The van der Waals surface area contributed by atoms with Crippen LogP contribution in [-0.4, -0.2) is 33.2 Å². The summed E-state index contributed by atoms with van der Waals surface area (Å²) in [6.07, 6.45) is 2.30. The molecular formula is C17H19F2N3OS. The highest BCUT2D eigenvalue weighted by molar-refractivity contribution is 8.00. The summed E-state index contributed by atoms with van der Waals surface area (Å²) in [5, 5.41) is 7.66. The van der Waals surface area contributed by atoms with Gasteiger partial charge in [-0.1, -0.05) is 0 Å². The number of carbonyl (C=O) groups is 1. The van der Waals surface area contributed by atoms with Crippen molar-refractivity contribution in [3.05, 3.63) is 46.8 Å². The topological polar surface area (TPSA) is 46.9 Å². The zero-order valence-corrected chi connectivity index (χ0v) is 14.4. The maximum atomic E-state index is 14.0. The molecule has 4 nitrogen and oxygen atoms in total. The number of hydrogen-bond donors (Lipinski definition) is 1. The Morgan fingerprint density at radius 1 is 1.42 bits per heavy atom. The second-order valence-corrected chi connectivity index (χ2v) is 7.31. The summed E-state index contributed by atoms with van der Waals surface area (Å²) in [6.45, 7) is 4.05. The minimum atomic E-state index is -0.713. The number of carbonyl (C=O) groups excluding carboxylic acids is 1. The smallest absolute Gasteiger partial charge is 0.255 e. The van der Waals surface area contributed by atoms with Crippen LogP contribution in [0.2, 0.25) is 0 Å². The predicted molar refractivity (Wildman–Crippen MR) is 90.8 cm³/mol. The van der Waals surface area contributed by atoms with Crippen molar-refractivity contribution in [2.45, 2.75) is 31.9 Å². The van der Waals surface area contributed by atoms with Gasteiger partial charge in [-0.05, 0) is 44.6 Å². The van der Waals surface area contributed by atoms with Crippen molar-refractivity contribution in [3.8, 4) is 5.69 Å². The standard InChI is InChI=1S/C17H19F2N3OS/c1-10-16(17(23)20-9-13-4-3-7-24-13)11(2)22(21-10)15-6-5-12(18)8-14(15)19/h5-6,8,13H,3-4,7,9H2,1-2H3,(H,20,23)/t13-/m0/s1. The van der Waals surface area contributed by atoms with Gasteiger partial charge < -0.3 is 5.32 Å². The molecule has 0 unspecified atom stereocenters. The van der Waals surface area contributed by atoms with Crippen LogP contribution in [0, 0.1) is 25.5 Å². The molecule has 0 saturated carbocycles. The first-order chi connectivity index (χ1) is 11.5. The number of rotatable bonds is 4. The van der Waals surface area contributed by atoms with Crippen LogP contribution < -0.4 is 5.32 Å². The van der Waals surface area contributed by atoms with Crippen LogP contribution in [0.15, 0.2) is 18.2 Å². The van der Waals surface area contributed by atoms with Crippen LogP contribution >= 0.6 is 11.8 Å². The molecule has 1 fully saturated rings. The number of amides is 1. The highest BCUT2D eigenvalue weighted by atomic mass is 32.2. The molecule has 2 heterocycles. The third-order valence-electron chi connectivity index (χ3n) is 4.17. The summed E-state index contributed by atoms with van der Waals surface area (Å²) in [5.41, 5.74) is 1.63. The maximum absolute atomic E-state index is 14.0. The quantitative estimate of drug-likeness (QED) is 0.918. The molecule has 0 bridgehead atoms. The van der Waals surface area contributed by atoms with Crippen molar-refractivity contribution < 1.29 is 13.6 Å². The van der Waals surface area contributed by atoms with Crippen LogP contribution in [0.4, 0.5) is 8.78 Å². The fourth-order valence-electron chi connectivity index (χ4n) is 2.96. The average Bonchev–Trinajstić information content (AvgIpc) is 3.13. The second-order valence-electron chi connectivity index (χ2n) is 5.90. The minimum Gasteiger partial charge on any atom is -0.351 e. The zero-order chi connectivity index (χ0) is 17.3. The molecule has 1 aromatic carbocycles. The van der Waals surface area contributed by atoms with Crippen molar-refractivity contribution >= 4 is 17.7 Å². The molecule has 7 heteroatoms. The Kier molecular flexibility index (Phi) is 4.89. The van der Waals surface area contributed by atoms with Gasteiger partial charge in [0.2, 0.25) is 0 Å². The molecule has 0 aliphatic carbocycles. The Balaban J connectivity index is 1.84. The Hall–Kier alpha value is -1.89. The van der Waals surface area contributed by atoms with Crippen molar-refractivity contribution in [2.24, 2.45) is 0 Å². The highest BCUT2D eigenvalue weighted by Gasteiger charge is 2.22. The van der Waals surface area contributed by atoms with Gasteiger partial charge in [-0.15, -0.1) is 0 Å². The molecule has 3 rings (SSSR count). The molecule has 1 aliphatic heterocycles. The summed E-state index contributed by atoms with van der Waals surface area (Å²) in [7, 11) is 0. The monoisotopic (exact) mass is 351 g/mol. The van der Waals surface area contributed by atoms with E-state index in [1.165, 1.54) is 23.2 Å². The fourth-order valence-corrected chi connectivity index (χ4v) is 4.16. The van der Waals surface area contributed by atoms with E-state index in [1.54, 1.807) is 13.8 Å². The van der Waals surface area contributed by atoms with E-state index in [1.807, 2.05) is 11.8 Å². The largest absolute Gasteiger partial charge is 0.351 e. The number of benzene rings is 1. The normalized spacial score (nSPS) is 17.2. The molecule has 1 N–H and O–H groups in total. The van der Waals surface area contributed by atoms with E-state index in [0.717, 1.165) is 18.2 Å². The Morgan fingerprint density at radius 3 is 2.88 bits per heavy atom. The fraction of sp³-hybridized carbons (Fsp3) is 0.412. The van der Waals surface area contributed by atoms with Gasteiger partial charge in [0, 0.05) is 17.9 Å². The summed E-state index contributed by atoms with van der Waals surface area (Å²) < 4.78 is 28.4. The number of aryl methyl sites for hydroxylation is 1. The second kappa shape index (κ2) is 6.93. The van der Waals surface area contributed by atoms with Gasteiger partial charge in [0.15, 0.2) is 5.82 Å². The first-order valence-corrected chi connectivity index (χ1v) is 8.93. The van der Waals surface area contributed by atoms with Gasteiger partial charge in [0.1, 0.15) is 11.5 Å². The number of nitrogens with one attached hydrogen (secondary N) is 1. The van der Waals surface area contributed by atoms with Crippen molar-refractivity contribution in [2.75, 3.05) is 12.3 Å². The lowest BCUT2D eigenvalue weighted by molar-refractivity contribution is 0.0952. The Morgan fingerprint density at radius 2 is 2.21 bits per heavy atom. The van der Waals surface area contributed by atoms with E-state index in [-0.39, 0.29) is 11.6 Å². The third-order valence-corrected chi connectivity index (χ3v) is 5.57. The number of halogens is 2. The van der Waals surface area contributed by atoms with Crippen LogP contribution in [0.3, 0.4) is 0 Å².